The van der Waals surface area contributed by atoms with Gasteiger partial charge in [-0.15, -0.1) is 0 Å². The summed E-state index contributed by atoms with van der Waals surface area (Å²) in [7, 11) is 0. The molecular weight excluding hydrogens is 334 g/mol. The van der Waals surface area contributed by atoms with Crippen molar-refractivity contribution < 1.29 is 4.79 Å². The van der Waals surface area contributed by atoms with Gasteiger partial charge in [-0.2, -0.15) is 0 Å². The van der Waals surface area contributed by atoms with E-state index in [2.05, 4.69) is 11.9 Å². The van der Waals surface area contributed by atoms with E-state index >= 15 is 0 Å². The Morgan fingerprint density at radius 3 is 1.69 bits per heavy atom. The number of carbonyl (C=O) groups excluding carboxylic acids is 1. The first-order valence-corrected chi connectivity index (χ1v) is 7.77. The van der Waals surface area contributed by atoms with E-state index in [1.165, 1.54) is 37.3 Å². The van der Waals surface area contributed by atoms with Crippen LogP contribution in [-0.2, 0) is 4.79 Å². The predicted molar refractivity (Wildman–Crippen MR) is 100 cm³/mol. The van der Waals surface area contributed by atoms with Crippen LogP contribution in [0.1, 0.15) is 6.92 Å². The van der Waals surface area contributed by atoms with Gasteiger partial charge in [-0.05, 0) is 19.1 Å². The molecule has 6 heteroatoms. The third-order valence-electron chi connectivity index (χ3n) is 4.49. The highest BCUT2D eigenvalue weighted by Crippen LogP contribution is 2.35. The van der Waals surface area contributed by atoms with E-state index in [-0.39, 0.29) is 38.4 Å². The molecule has 0 aromatic heterocycles. The highest BCUT2D eigenvalue weighted by atomic mass is 16.2. The van der Waals surface area contributed by atoms with Crippen LogP contribution in [0.4, 0.5) is 5.69 Å². The molecule has 0 fully saturated rings. The molecule has 2 aromatic carbocycles. The first-order chi connectivity index (χ1) is 12.3. The standard InChI is InChI=1S/C20H11NO5/c1-8(2)20(26)21-9-6-12-15-13(7-9)19(25)17(23)11-5-3-4-10(14(11)15)16(22)18(12)24/h3-7H,1H2,2H3,(H,21,26). The normalized spacial score (nSPS) is 11.4. The van der Waals surface area contributed by atoms with Crippen molar-refractivity contribution in [3.63, 3.8) is 0 Å². The van der Waals surface area contributed by atoms with Crippen LogP contribution in [0.3, 0.4) is 0 Å². The van der Waals surface area contributed by atoms with E-state index < -0.39 is 27.6 Å². The van der Waals surface area contributed by atoms with Crippen molar-refractivity contribution in [2.24, 2.45) is 0 Å². The first-order valence-electron chi connectivity index (χ1n) is 7.77. The lowest BCUT2D eigenvalue weighted by atomic mass is 9.87. The Bertz CT molecular complexity index is 1330. The summed E-state index contributed by atoms with van der Waals surface area (Å²) in [5.74, 6) is -0.498. The summed E-state index contributed by atoms with van der Waals surface area (Å²) in [5, 5.41) is 2.75. The molecule has 4 rings (SSSR count). The van der Waals surface area contributed by atoms with Gasteiger partial charge in [0.15, 0.2) is 0 Å². The number of nitrogens with one attached hydrogen (secondary N) is 1. The lowest BCUT2D eigenvalue weighted by Gasteiger charge is -2.15. The Labute approximate surface area is 145 Å². The van der Waals surface area contributed by atoms with E-state index in [1.54, 1.807) is 0 Å². The summed E-state index contributed by atoms with van der Waals surface area (Å²) in [6.07, 6.45) is 0. The number of benzene rings is 4. The molecule has 0 heterocycles. The van der Waals surface area contributed by atoms with E-state index in [0.717, 1.165) is 0 Å². The highest BCUT2D eigenvalue weighted by molar-refractivity contribution is 6.13. The molecule has 0 aliphatic heterocycles. The van der Waals surface area contributed by atoms with Crippen LogP contribution in [0.2, 0.25) is 0 Å². The smallest absolute Gasteiger partial charge is 0.250 e. The zero-order valence-electron chi connectivity index (χ0n) is 13.6. The lowest BCUT2D eigenvalue weighted by Crippen LogP contribution is -2.31. The summed E-state index contributed by atoms with van der Waals surface area (Å²) in [4.78, 5) is 61.9. The van der Waals surface area contributed by atoms with Gasteiger partial charge in [-0.3, -0.25) is 24.0 Å². The molecule has 6 nitrogen and oxygen atoms in total. The predicted octanol–water partition coefficient (Wildman–Crippen LogP) is 1.37. The van der Waals surface area contributed by atoms with Gasteiger partial charge >= 0.3 is 0 Å². The molecule has 0 unspecified atom stereocenters. The Balaban J connectivity index is 2.26. The monoisotopic (exact) mass is 345 g/mol. The van der Waals surface area contributed by atoms with Gasteiger partial charge in [0, 0.05) is 43.9 Å². The fourth-order valence-electron chi connectivity index (χ4n) is 3.27. The number of rotatable bonds is 2. The topological polar surface area (TPSA) is 97.4 Å². The number of anilines is 1. The van der Waals surface area contributed by atoms with Gasteiger partial charge in [-0.1, -0.05) is 24.8 Å². The molecule has 26 heavy (non-hydrogen) atoms. The SMILES string of the molecule is C=C(C)C(=O)Nc1cc2c3c(c1)c(=O)c(=O)c1cccc(c1-3)c(=O)c2=O. The first kappa shape index (κ1) is 15.8. The van der Waals surface area contributed by atoms with Gasteiger partial charge in [0.2, 0.25) is 21.7 Å². The fourth-order valence-corrected chi connectivity index (χ4v) is 3.27. The second-order valence-electron chi connectivity index (χ2n) is 6.23. The van der Waals surface area contributed by atoms with Crippen molar-refractivity contribution in [2.75, 3.05) is 5.32 Å². The van der Waals surface area contributed by atoms with Crippen molar-refractivity contribution in [2.45, 2.75) is 6.92 Å². The summed E-state index contributed by atoms with van der Waals surface area (Å²) in [5.41, 5.74) is -2.08. The quantitative estimate of drug-likeness (QED) is 0.336. The summed E-state index contributed by atoms with van der Waals surface area (Å²) >= 11 is 0. The Hall–Kier alpha value is -3.67. The molecule has 0 radical (unpaired) electrons. The minimum atomic E-state index is -0.778. The van der Waals surface area contributed by atoms with Crippen LogP contribution in [-0.4, -0.2) is 5.91 Å². The minimum Gasteiger partial charge on any atom is -0.322 e. The van der Waals surface area contributed by atoms with Gasteiger partial charge in [0.1, 0.15) is 0 Å². The number of hydrogen-bond donors (Lipinski definition) is 1. The van der Waals surface area contributed by atoms with Crippen molar-refractivity contribution in [3.05, 3.63) is 83.4 Å². The van der Waals surface area contributed by atoms with Gasteiger partial charge in [0.25, 0.3) is 5.91 Å². The van der Waals surface area contributed by atoms with Gasteiger partial charge < -0.3 is 5.32 Å². The van der Waals surface area contributed by atoms with Crippen LogP contribution < -0.4 is 27.0 Å². The van der Waals surface area contributed by atoms with Crippen molar-refractivity contribution >= 4 is 33.1 Å². The van der Waals surface area contributed by atoms with Crippen LogP contribution in [0.15, 0.2) is 61.7 Å². The van der Waals surface area contributed by atoms with Crippen molar-refractivity contribution in [3.8, 4) is 11.1 Å². The molecule has 126 valence electrons. The lowest BCUT2D eigenvalue weighted by molar-refractivity contribution is -0.112. The average Bonchev–Trinajstić information content (AvgIpc) is 2.62. The fraction of sp³-hybridized carbons (Fsp3) is 0.0500. The summed E-state index contributed by atoms with van der Waals surface area (Å²) < 4.78 is 0. The molecule has 2 aromatic rings. The molecule has 0 spiro atoms. The van der Waals surface area contributed by atoms with Crippen molar-refractivity contribution in [1.29, 1.82) is 0 Å². The molecule has 0 saturated carbocycles. The Kier molecular flexibility index (Phi) is 3.14. The third kappa shape index (κ3) is 1.96. The molecule has 0 atom stereocenters. The molecular formula is C20H11NO5. The Morgan fingerprint density at radius 2 is 1.23 bits per heavy atom. The molecule has 2 aliphatic rings. The second-order valence-corrected chi connectivity index (χ2v) is 6.23. The average molecular weight is 345 g/mol. The number of carbonyl (C=O) groups is 1. The maximum Gasteiger partial charge on any atom is 0.250 e. The van der Waals surface area contributed by atoms with Crippen LogP contribution >= 0.6 is 0 Å². The zero-order chi connectivity index (χ0) is 18.7. The van der Waals surface area contributed by atoms with Gasteiger partial charge in [-0.25, -0.2) is 0 Å². The summed E-state index contributed by atoms with van der Waals surface area (Å²) in [6, 6.07) is 7.10. The third-order valence-corrected chi connectivity index (χ3v) is 4.49. The van der Waals surface area contributed by atoms with Crippen LogP contribution in [0.25, 0.3) is 32.7 Å². The van der Waals surface area contributed by atoms with Crippen LogP contribution in [0.5, 0.6) is 0 Å². The Morgan fingerprint density at radius 1 is 0.808 bits per heavy atom. The van der Waals surface area contributed by atoms with Crippen LogP contribution in [0, 0.1) is 0 Å². The number of hydrogen-bond acceptors (Lipinski definition) is 5. The maximum atomic E-state index is 12.6. The molecule has 1 amide bonds. The van der Waals surface area contributed by atoms with E-state index in [9.17, 15) is 24.0 Å². The largest absolute Gasteiger partial charge is 0.322 e. The molecule has 0 saturated heterocycles. The highest BCUT2D eigenvalue weighted by Gasteiger charge is 2.25. The van der Waals surface area contributed by atoms with E-state index in [0.29, 0.717) is 5.56 Å². The second kappa shape index (κ2) is 5.16. The zero-order valence-corrected chi connectivity index (χ0v) is 13.6. The summed E-state index contributed by atoms with van der Waals surface area (Å²) in [6.45, 7) is 5.02. The maximum absolute atomic E-state index is 12.6. The minimum absolute atomic E-state index is 0.00492. The van der Waals surface area contributed by atoms with Crippen molar-refractivity contribution in [1.82, 2.24) is 0 Å². The molecule has 2 aliphatic carbocycles. The van der Waals surface area contributed by atoms with E-state index in [1.807, 2.05) is 0 Å². The van der Waals surface area contributed by atoms with E-state index in [4.69, 9.17) is 0 Å². The molecule has 0 bridgehead atoms. The molecule has 1 N–H and O–H groups in total. The number of amides is 1. The van der Waals surface area contributed by atoms with Gasteiger partial charge in [0.05, 0.1) is 0 Å².